The molecule has 4 atom stereocenters. The monoisotopic (exact) mass is 649 g/mol. The van der Waals surface area contributed by atoms with Gasteiger partial charge in [-0.2, -0.15) is 5.26 Å². The van der Waals surface area contributed by atoms with Gasteiger partial charge >= 0.3 is 0 Å². The number of carbonyl (C=O) groups excluding carboxylic acids is 1. The van der Waals surface area contributed by atoms with Gasteiger partial charge in [-0.25, -0.2) is 8.78 Å². The summed E-state index contributed by atoms with van der Waals surface area (Å²) in [6.07, 6.45) is 2.60. The third-order valence-corrected chi connectivity index (χ3v) is 8.11. The van der Waals surface area contributed by atoms with E-state index in [0.29, 0.717) is 17.9 Å². The lowest BCUT2D eigenvalue weighted by Crippen LogP contribution is -2.43. The fraction of sp³-hybridized carbons (Fsp3) is 0.333. The number of methoxy groups -OCH3 is 1. The Morgan fingerprint density at radius 1 is 1.10 bits per heavy atom. The number of benzene rings is 3. The summed E-state index contributed by atoms with van der Waals surface area (Å²) >= 11 is 15.7. The first-order valence-corrected chi connectivity index (χ1v) is 14.1. The molecule has 1 heterocycles. The van der Waals surface area contributed by atoms with Crippen LogP contribution in [-0.4, -0.2) is 30.0 Å². The predicted molar refractivity (Wildman–Crippen MR) is 157 cm³/mol. The maximum atomic E-state index is 15.7. The Balaban J connectivity index is 1.95. The molecule has 3 aromatic rings. The second-order valence-corrected chi connectivity index (χ2v) is 12.7. The Morgan fingerprint density at radius 3 is 2.45 bits per heavy atom. The van der Waals surface area contributed by atoms with Crippen LogP contribution < -0.4 is 10.1 Å². The highest BCUT2D eigenvalue weighted by Gasteiger charge is 2.55. The Labute approximate surface area is 251 Å². The summed E-state index contributed by atoms with van der Waals surface area (Å²) in [5, 5.41) is 13.4. The zero-order valence-corrected chi connectivity index (χ0v) is 25.4. The van der Waals surface area contributed by atoms with Gasteiger partial charge < -0.3 is 10.1 Å². The van der Waals surface area contributed by atoms with Crippen molar-refractivity contribution < 1.29 is 18.3 Å². The van der Waals surface area contributed by atoms with Crippen LogP contribution in [0, 0.1) is 28.5 Å². The van der Waals surface area contributed by atoms with E-state index in [1.165, 1.54) is 30.2 Å². The summed E-state index contributed by atoms with van der Waals surface area (Å²) in [6, 6.07) is 12.0. The number of nitriles is 1. The van der Waals surface area contributed by atoms with Gasteiger partial charge in [0, 0.05) is 27.4 Å². The van der Waals surface area contributed by atoms with Crippen molar-refractivity contribution in [2.45, 2.75) is 51.1 Å². The minimum absolute atomic E-state index is 0.117. The molecule has 0 unspecified atom stereocenters. The van der Waals surface area contributed by atoms with Gasteiger partial charge in [-0.3, -0.25) is 9.69 Å². The van der Waals surface area contributed by atoms with Crippen molar-refractivity contribution in [2.24, 2.45) is 5.41 Å². The van der Waals surface area contributed by atoms with E-state index >= 15 is 8.78 Å². The lowest BCUT2D eigenvalue weighted by atomic mass is 9.73. The van der Waals surface area contributed by atoms with E-state index in [4.69, 9.17) is 27.9 Å². The van der Waals surface area contributed by atoms with Crippen LogP contribution in [-0.2, 0) is 4.79 Å². The quantitative estimate of drug-likeness (QED) is 0.272. The van der Waals surface area contributed by atoms with Crippen LogP contribution in [0.5, 0.6) is 5.75 Å². The molecule has 10 heteroatoms. The fourth-order valence-corrected chi connectivity index (χ4v) is 6.24. The van der Waals surface area contributed by atoms with Gasteiger partial charge in [-0.05, 0) is 59.4 Å². The van der Waals surface area contributed by atoms with Gasteiger partial charge in [0.1, 0.15) is 23.4 Å². The molecular formula is C30H28BrCl2F2N3O2. The second kappa shape index (κ2) is 11.9. The van der Waals surface area contributed by atoms with Crippen molar-refractivity contribution in [3.8, 4) is 11.9 Å². The summed E-state index contributed by atoms with van der Waals surface area (Å²) in [5.74, 6) is -3.25. The molecule has 0 aliphatic carbocycles. The average molecular weight is 651 g/mol. The van der Waals surface area contributed by atoms with Crippen LogP contribution in [0.3, 0.4) is 0 Å². The Kier molecular flexibility index (Phi) is 8.99. The number of halogens is 5. The molecule has 210 valence electrons. The van der Waals surface area contributed by atoms with Crippen molar-refractivity contribution in [3.05, 3.63) is 91.9 Å². The standard InChI is InChI=1S/C30H28BrCl2F2N3O2/c1-30(2,3)14-23-25(18-10-9-17(32)13-21(18)34)26(19-6-5-7-20(33)27(19)35)28(38(23)15-36)29(39)37-22-11-8-16(31)12-24(22)40-4/h5-13,23,25-26,28H,14H2,1-4H3,(H,37,39)/t23-,25-,26-,28-/m1/s1. The first-order valence-electron chi connectivity index (χ1n) is 12.6. The number of hydrogen-bond donors (Lipinski definition) is 1. The Morgan fingerprint density at radius 2 is 1.82 bits per heavy atom. The van der Waals surface area contributed by atoms with Gasteiger partial charge in [0.2, 0.25) is 5.91 Å². The van der Waals surface area contributed by atoms with Gasteiger partial charge in [-0.1, -0.05) is 78.1 Å². The number of carbonyl (C=O) groups is 1. The number of rotatable bonds is 6. The van der Waals surface area contributed by atoms with Crippen LogP contribution in [0.15, 0.2) is 59.1 Å². The topological polar surface area (TPSA) is 65.4 Å². The van der Waals surface area contributed by atoms with E-state index in [1.807, 2.05) is 20.8 Å². The van der Waals surface area contributed by atoms with Crippen LogP contribution in [0.25, 0.3) is 0 Å². The molecule has 5 nitrogen and oxygen atoms in total. The highest BCUT2D eigenvalue weighted by atomic mass is 79.9. The van der Waals surface area contributed by atoms with Crippen LogP contribution in [0.1, 0.15) is 50.2 Å². The van der Waals surface area contributed by atoms with Crippen LogP contribution in [0.4, 0.5) is 14.5 Å². The molecule has 0 bridgehead atoms. The normalized spacial score (nSPS) is 20.8. The minimum Gasteiger partial charge on any atom is -0.495 e. The van der Waals surface area contributed by atoms with Gasteiger partial charge in [0.05, 0.1) is 17.8 Å². The smallest absolute Gasteiger partial charge is 0.248 e. The third-order valence-electron chi connectivity index (χ3n) is 7.09. The first-order chi connectivity index (χ1) is 18.9. The van der Waals surface area contributed by atoms with Crippen LogP contribution >= 0.6 is 39.1 Å². The lowest BCUT2D eigenvalue weighted by Gasteiger charge is -2.32. The average Bonchev–Trinajstić information content (AvgIpc) is 3.18. The third kappa shape index (κ3) is 6.07. The predicted octanol–water partition coefficient (Wildman–Crippen LogP) is 8.52. The molecule has 4 rings (SSSR count). The Hall–Kier alpha value is -2.86. The maximum absolute atomic E-state index is 15.7. The van der Waals surface area contributed by atoms with Crippen LogP contribution in [0.2, 0.25) is 10.0 Å². The summed E-state index contributed by atoms with van der Waals surface area (Å²) in [5.41, 5.74) is 0.400. The lowest BCUT2D eigenvalue weighted by molar-refractivity contribution is -0.120. The highest BCUT2D eigenvalue weighted by Crippen LogP contribution is 2.52. The second-order valence-electron chi connectivity index (χ2n) is 11.0. The SMILES string of the molecule is COc1cc(Br)ccc1NC(=O)[C@H]1[C@H](c2cccc(Cl)c2F)[C@H](c2ccc(Cl)cc2F)[C@@H](CC(C)(C)C)N1C#N. The van der Waals surface area contributed by atoms with Crippen molar-refractivity contribution in [1.29, 1.82) is 5.26 Å². The molecule has 0 aromatic heterocycles. The van der Waals surface area contributed by atoms with Gasteiger partial charge in [0.15, 0.2) is 6.19 Å². The van der Waals surface area contributed by atoms with Gasteiger partial charge in [0.25, 0.3) is 0 Å². The van der Waals surface area contributed by atoms with Gasteiger partial charge in [-0.15, -0.1) is 0 Å². The number of hydrogen-bond acceptors (Lipinski definition) is 4. The van der Waals surface area contributed by atoms with Crippen molar-refractivity contribution in [3.63, 3.8) is 0 Å². The number of amides is 1. The number of nitrogens with zero attached hydrogens (tertiary/aromatic N) is 2. The largest absolute Gasteiger partial charge is 0.495 e. The molecular weight excluding hydrogens is 623 g/mol. The molecule has 1 N–H and O–H groups in total. The molecule has 1 fully saturated rings. The number of nitrogens with one attached hydrogen (secondary N) is 1. The van der Waals surface area contributed by atoms with Crippen molar-refractivity contribution in [1.82, 2.24) is 4.90 Å². The molecule has 0 spiro atoms. The molecule has 1 aliphatic heterocycles. The number of ether oxygens (including phenoxy) is 1. The highest BCUT2D eigenvalue weighted by molar-refractivity contribution is 9.10. The molecule has 1 saturated heterocycles. The van der Waals surface area contributed by atoms with E-state index < -0.39 is 41.5 Å². The summed E-state index contributed by atoms with van der Waals surface area (Å²) in [7, 11) is 1.47. The molecule has 1 amide bonds. The zero-order valence-electron chi connectivity index (χ0n) is 22.3. The summed E-state index contributed by atoms with van der Waals surface area (Å²) in [4.78, 5) is 15.5. The zero-order chi connectivity index (χ0) is 29.4. The fourth-order valence-electron chi connectivity index (χ4n) is 5.56. The number of likely N-dealkylation sites (tertiary alicyclic amines) is 1. The van der Waals surface area contributed by atoms with E-state index in [0.717, 1.165) is 4.47 Å². The van der Waals surface area contributed by atoms with Crippen molar-refractivity contribution >= 4 is 50.7 Å². The van der Waals surface area contributed by atoms with E-state index in [1.54, 1.807) is 36.4 Å². The number of anilines is 1. The van der Waals surface area contributed by atoms with Crippen molar-refractivity contribution in [2.75, 3.05) is 12.4 Å². The summed E-state index contributed by atoms with van der Waals surface area (Å²) in [6.45, 7) is 5.98. The Bertz CT molecular complexity index is 1470. The minimum atomic E-state index is -1.20. The molecule has 40 heavy (non-hydrogen) atoms. The molecule has 1 aliphatic rings. The first kappa shape index (κ1) is 30.1. The molecule has 0 radical (unpaired) electrons. The summed E-state index contributed by atoms with van der Waals surface area (Å²) < 4.78 is 37.5. The molecule has 3 aromatic carbocycles. The van der Waals surface area contributed by atoms with E-state index in [9.17, 15) is 10.1 Å². The van der Waals surface area contributed by atoms with E-state index in [2.05, 4.69) is 27.4 Å². The molecule has 0 saturated carbocycles. The maximum Gasteiger partial charge on any atom is 0.248 e. The van der Waals surface area contributed by atoms with E-state index in [-0.39, 0.29) is 26.6 Å².